The quantitative estimate of drug-likeness (QED) is 0.780. The molecular weight excluding hydrogens is 210 g/mol. The van der Waals surface area contributed by atoms with E-state index in [0.717, 1.165) is 11.3 Å². The van der Waals surface area contributed by atoms with Gasteiger partial charge in [-0.1, -0.05) is 19.1 Å². The van der Waals surface area contributed by atoms with Crippen LogP contribution in [0.3, 0.4) is 0 Å². The van der Waals surface area contributed by atoms with Crippen LogP contribution < -0.4 is 5.73 Å². The van der Waals surface area contributed by atoms with E-state index in [1.54, 1.807) is 13.2 Å². The second-order valence-electron chi connectivity index (χ2n) is 3.43. The summed E-state index contributed by atoms with van der Waals surface area (Å²) >= 11 is 0. The van der Waals surface area contributed by atoms with Crippen molar-refractivity contribution in [3.63, 3.8) is 0 Å². The summed E-state index contributed by atoms with van der Waals surface area (Å²) in [5.41, 5.74) is 6.36. The van der Waals surface area contributed by atoms with Crippen molar-refractivity contribution in [1.29, 1.82) is 0 Å². The summed E-state index contributed by atoms with van der Waals surface area (Å²) < 4.78 is 17.0. The summed E-state index contributed by atoms with van der Waals surface area (Å²) in [6.07, 6.45) is 0.775. The third-order valence-corrected chi connectivity index (χ3v) is 4.00. The molecule has 15 heavy (non-hydrogen) atoms. The van der Waals surface area contributed by atoms with Gasteiger partial charge in [0.05, 0.1) is 15.7 Å². The minimum absolute atomic E-state index is 0.0645. The highest BCUT2D eigenvalue weighted by Gasteiger charge is 2.14. The Labute approximate surface area is 93.1 Å². The van der Waals surface area contributed by atoms with Crippen LogP contribution in [0.2, 0.25) is 0 Å². The lowest BCUT2D eigenvalue weighted by Crippen LogP contribution is -2.14. The molecular formula is C11H17NO2S. The number of hydrogen-bond donors (Lipinski definition) is 1. The van der Waals surface area contributed by atoms with E-state index in [-0.39, 0.29) is 5.25 Å². The molecule has 4 heteroatoms. The van der Waals surface area contributed by atoms with Crippen LogP contribution in [0, 0.1) is 0 Å². The van der Waals surface area contributed by atoms with Crippen molar-refractivity contribution in [1.82, 2.24) is 0 Å². The van der Waals surface area contributed by atoms with Crippen molar-refractivity contribution in [2.45, 2.75) is 23.5 Å². The number of anilines is 1. The number of benzene rings is 1. The molecule has 0 spiro atoms. The van der Waals surface area contributed by atoms with E-state index in [1.807, 2.05) is 25.1 Å². The molecule has 0 heterocycles. The topological polar surface area (TPSA) is 52.3 Å². The second-order valence-corrected chi connectivity index (χ2v) is 5.27. The number of hydrogen-bond acceptors (Lipinski definition) is 3. The van der Waals surface area contributed by atoms with Crippen LogP contribution in [-0.2, 0) is 15.5 Å². The Kier molecular flexibility index (Phi) is 4.78. The molecule has 3 nitrogen and oxygen atoms in total. The minimum Gasteiger partial charge on any atom is -0.398 e. The zero-order valence-corrected chi connectivity index (χ0v) is 9.92. The summed E-state index contributed by atoms with van der Waals surface area (Å²) in [4.78, 5) is 0.723. The van der Waals surface area contributed by atoms with Gasteiger partial charge in [0, 0.05) is 24.7 Å². The van der Waals surface area contributed by atoms with Crippen molar-refractivity contribution in [3.8, 4) is 0 Å². The molecule has 0 saturated carbocycles. The second kappa shape index (κ2) is 5.88. The van der Waals surface area contributed by atoms with Crippen LogP contribution in [0.5, 0.6) is 0 Å². The van der Waals surface area contributed by atoms with E-state index in [1.165, 1.54) is 0 Å². The Bertz CT molecular complexity index is 341. The maximum absolute atomic E-state index is 12.0. The summed E-state index contributed by atoms with van der Waals surface area (Å²) in [5, 5.41) is 0.0645. The molecule has 0 radical (unpaired) electrons. The number of para-hydroxylation sites is 1. The fourth-order valence-corrected chi connectivity index (χ4v) is 2.53. The van der Waals surface area contributed by atoms with E-state index >= 15 is 0 Å². The highest BCUT2D eigenvalue weighted by molar-refractivity contribution is 7.85. The lowest BCUT2D eigenvalue weighted by Gasteiger charge is -2.12. The van der Waals surface area contributed by atoms with Crippen LogP contribution in [0.15, 0.2) is 29.2 Å². The van der Waals surface area contributed by atoms with Crippen LogP contribution >= 0.6 is 0 Å². The zero-order chi connectivity index (χ0) is 11.3. The molecule has 84 valence electrons. The standard InChI is InChI=1S/C11H17NO2S/c1-9(7-8-14-2)15(13)11-6-4-3-5-10(11)12/h3-6,9H,7-8,12H2,1-2H3. The largest absolute Gasteiger partial charge is 0.398 e. The first kappa shape index (κ1) is 12.2. The maximum Gasteiger partial charge on any atom is 0.0620 e. The monoisotopic (exact) mass is 227 g/mol. The van der Waals surface area contributed by atoms with Gasteiger partial charge in [-0.2, -0.15) is 0 Å². The van der Waals surface area contributed by atoms with Gasteiger partial charge in [0.1, 0.15) is 0 Å². The molecule has 1 aromatic carbocycles. The van der Waals surface area contributed by atoms with Crippen molar-refractivity contribution < 1.29 is 8.95 Å². The van der Waals surface area contributed by atoms with Crippen LogP contribution in [-0.4, -0.2) is 23.2 Å². The molecule has 0 fully saturated rings. The normalized spacial score (nSPS) is 14.8. The summed E-state index contributed by atoms with van der Waals surface area (Å²) in [7, 11) is 0.599. The van der Waals surface area contributed by atoms with Gasteiger partial charge >= 0.3 is 0 Å². The molecule has 0 aliphatic carbocycles. The van der Waals surface area contributed by atoms with Gasteiger partial charge in [0.25, 0.3) is 0 Å². The maximum atomic E-state index is 12.0. The molecule has 2 N–H and O–H groups in total. The van der Waals surface area contributed by atoms with Gasteiger partial charge in [0.2, 0.25) is 0 Å². The fourth-order valence-electron chi connectivity index (χ4n) is 1.27. The van der Waals surface area contributed by atoms with Gasteiger partial charge in [-0.25, -0.2) is 0 Å². The lowest BCUT2D eigenvalue weighted by molar-refractivity contribution is 0.195. The predicted molar refractivity (Wildman–Crippen MR) is 63.2 cm³/mol. The van der Waals surface area contributed by atoms with E-state index in [2.05, 4.69) is 0 Å². The zero-order valence-electron chi connectivity index (χ0n) is 9.10. The molecule has 1 aromatic rings. The number of nitrogen functional groups attached to an aromatic ring is 1. The number of nitrogens with two attached hydrogens (primary N) is 1. The van der Waals surface area contributed by atoms with Gasteiger partial charge < -0.3 is 10.5 Å². The number of rotatable bonds is 5. The SMILES string of the molecule is COCCC(C)S(=O)c1ccccc1N. The fraction of sp³-hybridized carbons (Fsp3) is 0.455. The summed E-state index contributed by atoms with van der Waals surface area (Å²) in [6.45, 7) is 2.57. The molecule has 0 aliphatic heterocycles. The van der Waals surface area contributed by atoms with E-state index in [4.69, 9.17) is 10.5 Å². The molecule has 2 atom stereocenters. The third kappa shape index (κ3) is 3.32. The average Bonchev–Trinajstić information content (AvgIpc) is 2.25. The Morgan fingerprint density at radius 2 is 2.13 bits per heavy atom. The first-order valence-electron chi connectivity index (χ1n) is 4.91. The van der Waals surface area contributed by atoms with E-state index in [9.17, 15) is 4.21 Å². The number of ether oxygens (including phenoxy) is 1. The molecule has 0 saturated heterocycles. The Hall–Kier alpha value is -0.870. The van der Waals surface area contributed by atoms with Gasteiger partial charge in [-0.15, -0.1) is 0 Å². The van der Waals surface area contributed by atoms with Crippen molar-refractivity contribution in [2.24, 2.45) is 0 Å². The highest BCUT2D eigenvalue weighted by Crippen LogP contribution is 2.19. The van der Waals surface area contributed by atoms with Gasteiger partial charge in [0.15, 0.2) is 0 Å². The van der Waals surface area contributed by atoms with Crippen molar-refractivity contribution >= 4 is 16.5 Å². The minimum atomic E-state index is -1.05. The van der Waals surface area contributed by atoms with Crippen LogP contribution in [0.1, 0.15) is 13.3 Å². The smallest absolute Gasteiger partial charge is 0.0620 e. The Balaban J connectivity index is 2.72. The Morgan fingerprint density at radius 3 is 2.73 bits per heavy atom. The van der Waals surface area contributed by atoms with Crippen LogP contribution in [0.25, 0.3) is 0 Å². The molecule has 1 rings (SSSR count). The molecule has 0 amide bonds. The van der Waals surface area contributed by atoms with E-state index < -0.39 is 10.8 Å². The highest BCUT2D eigenvalue weighted by atomic mass is 32.2. The van der Waals surface area contributed by atoms with Gasteiger partial charge in [-0.05, 0) is 18.6 Å². The first-order valence-corrected chi connectivity index (χ1v) is 6.12. The lowest BCUT2D eigenvalue weighted by atomic mass is 10.3. The molecule has 2 unspecified atom stereocenters. The molecule has 0 bridgehead atoms. The summed E-state index contributed by atoms with van der Waals surface area (Å²) in [5.74, 6) is 0. The Morgan fingerprint density at radius 1 is 1.47 bits per heavy atom. The van der Waals surface area contributed by atoms with Crippen molar-refractivity contribution in [2.75, 3.05) is 19.5 Å². The first-order chi connectivity index (χ1) is 7.16. The van der Waals surface area contributed by atoms with Crippen molar-refractivity contribution in [3.05, 3.63) is 24.3 Å². The van der Waals surface area contributed by atoms with Gasteiger partial charge in [-0.3, -0.25) is 4.21 Å². The third-order valence-electron chi connectivity index (χ3n) is 2.23. The van der Waals surface area contributed by atoms with Crippen LogP contribution in [0.4, 0.5) is 5.69 Å². The summed E-state index contributed by atoms with van der Waals surface area (Å²) in [6, 6.07) is 7.29. The molecule has 0 aliphatic rings. The van der Waals surface area contributed by atoms with E-state index in [0.29, 0.717) is 12.3 Å². The predicted octanol–water partition coefficient (Wildman–Crippen LogP) is 1.80. The average molecular weight is 227 g/mol. The molecule has 0 aromatic heterocycles. The number of methoxy groups -OCH3 is 1.